The predicted molar refractivity (Wildman–Crippen MR) is 92.9 cm³/mol. The van der Waals surface area contributed by atoms with Crippen molar-refractivity contribution in [3.63, 3.8) is 0 Å². The quantitative estimate of drug-likeness (QED) is 0.728. The largest absolute Gasteiger partial charge is 0.366 e. The number of aryl methyl sites for hydroxylation is 1. The van der Waals surface area contributed by atoms with E-state index in [0.29, 0.717) is 0 Å². The third-order valence-electron chi connectivity index (χ3n) is 4.33. The average molecular weight is 305 g/mol. The number of hydrogen-bond acceptors (Lipinski definition) is 5. The third-order valence-corrected chi connectivity index (χ3v) is 4.33. The molecule has 1 saturated heterocycles. The molecule has 3 aromatic rings. The van der Waals surface area contributed by atoms with Gasteiger partial charge in [0.15, 0.2) is 0 Å². The van der Waals surface area contributed by atoms with Gasteiger partial charge in [0.2, 0.25) is 5.95 Å². The maximum absolute atomic E-state index is 4.53. The molecule has 2 aromatic heterocycles. The Morgan fingerprint density at radius 1 is 0.913 bits per heavy atom. The van der Waals surface area contributed by atoms with Gasteiger partial charge in [-0.15, -0.1) is 0 Å². The van der Waals surface area contributed by atoms with E-state index >= 15 is 0 Å². The lowest BCUT2D eigenvalue weighted by atomic mass is 10.1. The van der Waals surface area contributed by atoms with E-state index in [4.69, 9.17) is 0 Å². The normalized spacial score (nSPS) is 15.2. The summed E-state index contributed by atoms with van der Waals surface area (Å²) in [6, 6.07) is 10.4. The first-order chi connectivity index (χ1) is 11.3. The predicted octanol–water partition coefficient (Wildman–Crippen LogP) is 2.66. The van der Waals surface area contributed by atoms with E-state index < -0.39 is 0 Å². The minimum atomic E-state index is 0.834. The average Bonchev–Trinajstić information content (AvgIpc) is 2.61. The maximum atomic E-state index is 4.53. The second-order valence-corrected chi connectivity index (χ2v) is 5.85. The Morgan fingerprint density at radius 3 is 2.52 bits per heavy atom. The Morgan fingerprint density at radius 2 is 1.70 bits per heavy atom. The first-order valence-corrected chi connectivity index (χ1v) is 7.93. The van der Waals surface area contributed by atoms with E-state index in [1.165, 1.54) is 16.5 Å². The van der Waals surface area contributed by atoms with Crippen molar-refractivity contribution < 1.29 is 0 Å². The fourth-order valence-corrected chi connectivity index (χ4v) is 3.09. The molecule has 5 heteroatoms. The van der Waals surface area contributed by atoms with E-state index in [-0.39, 0.29) is 0 Å². The lowest BCUT2D eigenvalue weighted by molar-refractivity contribution is 0.640. The molecule has 116 valence electrons. The van der Waals surface area contributed by atoms with Crippen molar-refractivity contribution >= 4 is 22.4 Å². The van der Waals surface area contributed by atoms with E-state index in [1.54, 1.807) is 0 Å². The molecule has 0 aliphatic carbocycles. The molecule has 0 saturated carbocycles. The summed E-state index contributed by atoms with van der Waals surface area (Å²) in [5.41, 5.74) is 2.23. The van der Waals surface area contributed by atoms with Crippen LogP contribution in [0.4, 0.5) is 11.6 Å². The van der Waals surface area contributed by atoms with Crippen molar-refractivity contribution in [3.8, 4) is 0 Å². The Bertz CT molecular complexity index is 819. The van der Waals surface area contributed by atoms with Gasteiger partial charge in [-0.2, -0.15) is 0 Å². The highest BCUT2D eigenvalue weighted by molar-refractivity contribution is 5.93. The van der Waals surface area contributed by atoms with Crippen LogP contribution in [0.1, 0.15) is 5.69 Å². The van der Waals surface area contributed by atoms with Crippen LogP contribution in [0.5, 0.6) is 0 Å². The summed E-state index contributed by atoms with van der Waals surface area (Å²) in [7, 11) is 0. The molecule has 0 radical (unpaired) electrons. The molecular formula is C18H19N5. The number of anilines is 2. The summed E-state index contributed by atoms with van der Waals surface area (Å²) in [5.74, 6) is 0.834. The number of benzene rings is 1. The van der Waals surface area contributed by atoms with Crippen molar-refractivity contribution in [1.82, 2.24) is 15.0 Å². The molecule has 1 fully saturated rings. The van der Waals surface area contributed by atoms with Crippen molar-refractivity contribution in [2.75, 3.05) is 36.0 Å². The highest BCUT2D eigenvalue weighted by atomic mass is 15.3. The molecule has 0 bridgehead atoms. The van der Waals surface area contributed by atoms with E-state index in [9.17, 15) is 0 Å². The van der Waals surface area contributed by atoms with Crippen LogP contribution in [0.15, 0.2) is 48.9 Å². The molecule has 23 heavy (non-hydrogen) atoms. The van der Waals surface area contributed by atoms with Gasteiger partial charge >= 0.3 is 0 Å². The smallest absolute Gasteiger partial charge is 0.225 e. The molecule has 3 heterocycles. The van der Waals surface area contributed by atoms with Gasteiger partial charge in [0.25, 0.3) is 0 Å². The molecule has 4 rings (SSSR count). The number of pyridine rings is 1. The Hall–Kier alpha value is -2.69. The topological polar surface area (TPSA) is 45.2 Å². The van der Waals surface area contributed by atoms with Crippen molar-refractivity contribution in [1.29, 1.82) is 0 Å². The second kappa shape index (κ2) is 5.83. The summed E-state index contributed by atoms with van der Waals surface area (Å²) < 4.78 is 0. The molecule has 0 spiro atoms. The van der Waals surface area contributed by atoms with Gasteiger partial charge in [-0.05, 0) is 13.0 Å². The second-order valence-electron chi connectivity index (χ2n) is 5.85. The highest BCUT2D eigenvalue weighted by Gasteiger charge is 2.20. The number of piperazine rings is 1. The standard InChI is InChI=1S/C18H19N5/c1-14-6-7-20-18(21-14)23-10-8-22(9-11-23)17-13-19-12-15-4-2-3-5-16(15)17/h2-7,12-13H,8-11H2,1H3. The monoisotopic (exact) mass is 305 g/mol. The first kappa shape index (κ1) is 13.9. The minimum Gasteiger partial charge on any atom is -0.366 e. The fourth-order valence-electron chi connectivity index (χ4n) is 3.09. The van der Waals surface area contributed by atoms with Crippen LogP contribution in [0.2, 0.25) is 0 Å². The summed E-state index contributed by atoms with van der Waals surface area (Å²) in [4.78, 5) is 18.0. The van der Waals surface area contributed by atoms with Crippen molar-refractivity contribution in [2.24, 2.45) is 0 Å². The SMILES string of the molecule is Cc1ccnc(N2CCN(c3cncc4ccccc34)CC2)n1. The van der Waals surface area contributed by atoms with Crippen molar-refractivity contribution in [2.45, 2.75) is 6.92 Å². The summed E-state index contributed by atoms with van der Waals surface area (Å²) in [5, 5.41) is 2.46. The van der Waals surface area contributed by atoms with Crippen LogP contribution in [0, 0.1) is 6.92 Å². The number of nitrogens with zero attached hydrogens (tertiary/aromatic N) is 5. The summed E-state index contributed by atoms with van der Waals surface area (Å²) in [6.45, 7) is 5.75. The molecule has 0 atom stereocenters. The van der Waals surface area contributed by atoms with Gasteiger partial charge in [-0.3, -0.25) is 4.98 Å². The first-order valence-electron chi connectivity index (χ1n) is 7.93. The molecule has 5 nitrogen and oxygen atoms in total. The van der Waals surface area contributed by atoms with E-state index in [1.807, 2.05) is 31.6 Å². The number of aromatic nitrogens is 3. The van der Waals surface area contributed by atoms with Crippen LogP contribution < -0.4 is 9.80 Å². The van der Waals surface area contributed by atoms with Crippen LogP contribution in [0.25, 0.3) is 10.8 Å². The van der Waals surface area contributed by atoms with Gasteiger partial charge < -0.3 is 9.80 Å². The fraction of sp³-hybridized carbons (Fsp3) is 0.278. The zero-order valence-corrected chi connectivity index (χ0v) is 13.2. The number of hydrogen-bond donors (Lipinski definition) is 0. The molecule has 0 unspecified atom stereocenters. The summed E-state index contributed by atoms with van der Waals surface area (Å²) in [6.07, 6.45) is 5.73. The molecule has 0 N–H and O–H groups in total. The Labute approximate surface area is 135 Å². The van der Waals surface area contributed by atoms with Gasteiger partial charge in [0, 0.05) is 55.0 Å². The Kier molecular flexibility index (Phi) is 3.54. The van der Waals surface area contributed by atoms with Gasteiger partial charge in [0.1, 0.15) is 0 Å². The van der Waals surface area contributed by atoms with Crippen LogP contribution in [-0.4, -0.2) is 41.1 Å². The molecular weight excluding hydrogens is 286 g/mol. The van der Waals surface area contributed by atoms with E-state index in [0.717, 1.165) is 37.8 Å². The Balaban J connectivity index is 1.55. The summed E-state index contributed by atoms with van der Waals surface area (Å²) >= 11 is 0. The van der Waals surface area contributed by atoms with Gasteiger partial charge in [0.05, 0.1) is 11.9 Å². The molecule has 1 aromatic carbocycles. The third kappa shape index (κ3) is 2.70. The number of rotatable bonds is 2. The lowest BCUT2D eigenvalue weighted by Gasteiger charge is -2.36. The van der Waals surface area contributed by atoms with Crippen LogP contribution >= 0.6 is 0 Å². The molecule has 0 amide bonds. The maximum Gasteiger partial charge on any atom is 0.225 e. The minimum absolute atomic E-state index is 0.834. The lowest BCUT2D eigenvalue weighted by Crippen LogP contribution is -2.47. The van der Waals surface area contributed by atoms with Gasteiger partial charge in [-0.1, -0.05) is 24.3 Å². The van der Waals surface area contributed by atoms with Crippen molar-refractivity contribution in [3.05, 3.63) is 54.6 Å². The molecule has 1 aliphatic heterocycles. The number of fused-ring (bicyclic) bond motifs is 1. The van der Waals surface area contributed by atoms with E-state index in [2.05, 4.69) is 49.0 Å². The highest BCUT2D eigenvalue weighted by Crippen LogP contribution is 2.26. The molecule has 1 aliphatic rings. The van der Waals surface area contributed by atoms with Crippen LogP contribution in [-0.2, 0) is 0 Å². The van der Waals surface area contributed by atoms with Gasteiger partial charge in [-0.25, -0.2) is 9.97 Å². The zero-order chi connectivity index (χ0) is 15.6. The zero-order valence-electron chi connectivity index (χ0n) is 13.2. The van der Waals surface area contributed by atoms with Crippen LogP contribution in [0.3, 0.4) is 0 Å².